The number of hydrogen-bond donors (Lipinski definition) is 11. The number of carboxylic acids is 1. The number of nitrogens with zero attached hydrogens (tertiary/aromatic N) is 2. The molecule has 28 heteroatoms. The van der Waals surface area contributed by atoms with Crippen LogP contribution in [0.5, 0.6) is 0 Å². The van der Waals surface area contributed by atoms with Crippen molar-refractivity contribution in [2.24, 2.45) is 62.9 Å². The number of piperidine rings is 2. The van der Waals surface area contributed by atoms with E-state index in [1.165, 1.54) is 23.8 Å². The minimum Gasteiger partial charge on any atom is -0.480 e. The van der Waals surface area contributed by atoms with Crippen molar-refractivity contribution in [3.05, 3.63) is 25.3 Å². The Hall–Kier alpha value is -5.09. The van der Waals surface area contributed by atoms with Gasteiger partial charge in [-0.1, -0.05) is 146 Å². The molecule has 0 spiro atoms. The highest BCUT2D eigenvalue weighted by Gasteiger charge is 2.71. The summed E-state index contributed by atoms with van der Waals surface area (Å²) in [5.41, 5.74) is 2.35. The van der Waals surface area contributed by atoms with Gasteiger partial charge in [0.25, 0.3) is 11.8 Å². The Morgan fingerprint density at radius 3 is 1.29 bits per heavy atom. The minimum atomic E-state index is -3.28. The van der Waals surface area contributed by atoms with Gasteiger partial charge in [-0.25, -0.2) is 31.2 Å². The molecule has 12 N–H and O–H groups in total. The molecular weight excluding hydrogens is 1300 g/mol. The van der Waals surface area contributed by atoms with Gasteiger partial charge in [-0.3, -0.25) is 24.0 Å². The lowest BCUT2D eigenvalue weighted by atomic mass is 9.78. The highest BCUT2D eigenvalue weighted by Crippen LogP contribution is 2.66. The van der Waals surface area contributed by atoms with Crippen LogP contribution in [0.15, 0.2) is 25.3 Å². The molecule has 0 bridgehead atoms. The molecule has 0 radical (unpaired) electrons. The van der Waals surface area contributed by atoms with Crippen LogP contribution in [0.1, 0.15) is 185 Å². The number of halogens is 1. The van der Waals surface area contributed by atoms with E-state index in [0.717, 1.165) is 57.8 Å². The van der Waals surface area contributed by atoms with E-state index in [1.54, 1.807) is 11.0 Å². The fourth-order valence-corrected chi connectivity index (χ4v) is 20.3. The number of likely N-dealkylation sites (tertiary alicyclic amines) is 2. The van der Waals surface area contributed by atoms with Crippen LogP contribution < -0.4 is 43.0 Å². The van der Waals surface area contributed by atoms with Crippen molar-refractivity contribution in [3.63, 3.8) is 0 Å². The Morgan fingerprint density at radius 2 is 0.948 bits per heavy atom. The summed E-state index contributed by atoms with van der Waals surface area (Å²) in [6, 6.07) is -6.04. The Morgan fingerprint density at radius 1 is 0.573 bits per heavy atom. The Labute approximate surface area is 575 Å². The maximum absolute atomic E-state index is 14.4. The molecule has 14 atom stereocenters. The molecule has 96 heavy (non-hydrogen) atoms. The molecule has 0 aromatic carbocycles. The summed E-state index contributed by atoms with van der Waals surface area (Å²) < 4.78 is 50.3. The second-order valence-electron chi connectivity index (χ2n) is 32.7. The summed E-state index contributed by atoms with van der Waals surface area (Å²) in [6.45, 7) is 27.6. The van der Waals surface area contributed by atoms with Gasteiger partial charge in [-0.2, -0.15) is 0 Å². The number of hydrogen-bond acceptors (Lipinski definition) is 15. The highest BCUT2D eigenvalue weighted by atomic mass is 35.5. The second-order valence-corrected chi connectivity index (χ2v) is 37.3. The van der Waals surface area contributed by atoms with Crippen LogP contribution in [0.2, 0.25) is 0 Å². The maximum Gasteiger partial charge on any atom is 0.326 e. The zero-order chi connectivity index (χ0) is 70.3. The van der Waals surface area contributed by atoms with E-state index in [1.807, 2.05) is 55.4 Å². The third-order valence-electron chi connectivity index (χ3n) is 23.0. The van der Waals surface area contributed by atoms with Crippen LogP contribution in [0.4, 0.5) is 9.59 Å². The predicted octanol–water partition coefficient (Wildman–Crippen LogP) is 4.38. The molecule has 4 saturated heterocycles. The number of amides is 9. The molecular formula is C68H113ClN10O15S2. The molecule has 10 aliphatic rings. The largest absolute Gasteiger partial charge is 0.480 e. The van der Waals surface area contributed by atoms with E-state index in [-0.39, 0.29) is 70.9 Å². The molecule has 9 amide bonds. The first-order valence-corrected chi connectivity index (χ1v) is 38.3. The van der Waals surface area contributed by atoms with Crippen molar-refractivity contribution in [2.75, 3.05) is 37.7 Å². The van der Waals surface area contributed by atoms with E-state index < -0.39 is 142 Å². The predicted molar refractivity (Wildman–Crippen MR) is 366 cm³/mol. The number of urea groups is 2. The molecule has 10 fully saturated rings. The van der Waals surface area contributed by atoms with Crippen molar-refractivity contribution in [1.29, 1.82) is 0 Å². The monoisotopic (exact) mass is 1410 g/mol. The second kappa shape index (κ2) is 30.0. The number of aliphatic carboxylic acids is 1. The van der Waals surface area contributed by atoms with Crippen LogP contribution in [0, 0.1) is 57.2 Å². The number of aliphatic hydroxyl groups is 2. The summed E-state index contributed by atoms with van der Waals surface area (Å²) in [6.07, 6.45) is 14.8. The third kappa shape index (κ3) is 17.4. The SMILES string of the molecule is C=CCNC(=O)C(O)[C@@H](N)CC1CC1.C=CCNC(=O)C(O)[C@H](CC1CC1)NC(=O)[C@@H]1[C@@H]2[C@H](CN1C(=O)[C@@H](NC(=O)NC1([C@@H]3CCS3(=O)=O)CCCCC1)C(C)(C)C)C2(C)C.CC(C)(C)[C@H](NC(=O)NC1([C@@H]2CCS2(=O)=O)CCCCC1)C(=O)N1C[C@H]2[C@@H]([C@H]1C(=O)O)C2(C)C.Cl. The topological polar surface area (TPSA) is 382 Å². The third-order valence-corrected chi connectivity index (χ3v) is 27.7. The van der Waals surface area contributed by atoms with Gasteiger partial charge >= 0.3 is 18.0 Å². The number of carbonyl (C=O) groups is 8. The summed E-state index contributed by atoms with van der Waals surface area (Å²) in [7, 11) is -6.51. The lowest BCUT2D eigenvalue weighted by Crippen LogP contribution is -2.67. The summed E-state index contributed by atoms with van der Waals surface area (Å²) in [5, 5.41) is 48.9. The maximum atomic E-state index is 14.4. The van der Waals surface area contributed by atoms with E-state index in [0.29, 0.717) is 76.4 Å². The number of carbonyl (C=O) groups excluding carboxylic acids is 7. The number of nitrogens with two attached hydrogens (primary N) is 1. The van der Waals surface area contributed by atoms with Gasteiger partial charge in [-0.15, -0.1) is 25.6 Å². The number of rotatable bonds is 23. The van der Waals surface area contributed by atoms with Crippen LogP contribution in [-0.2, 0) is 48.4 Å². The lowest BCUT2D eigenvalue weighted by Gasteiger charge is -2.47. The molecule has 25 nitrogen and oxygen atoms in total. The summed E-state index contributed by atoms with van der Waals surface area (Å²) in [4.78, 5) is 108. The number of nitrogens with one attached hydrogen (secondary N) is 7. The molecule has 2 unspecified atom stereocenters. The number of carboxylic acid groups (broad SMARTS) is 1. The van der Waals surface area contributed by atoms with Crippen molar-refractivity contribution in [3.8, 4) is 0 Å². The fourth-order valence-electron chi connectivity index (χ4n) is 16.6. The Bertz CT molecular complexity index is 3130. The average Bonchev–Trinajstić information content (AvgIpc) is 1.43. The summed E-state index contributed by atoms with van der Waals surface area (Å²) in [5.74, 6) is -1.96. The van der Waals surface area contributed by atoms with Crippen molar-refractivity contribution >= 4 is 79.6 Å². The van der Waals surface area contributed by atoms with Crippen LogP contribution >= 0.6 is 12.4 Å². The van der Waals surface area contributed by atoms with Crippen LogP contribution in [0.25, 0.3) is 0 Å². The zero-order valence-corrected chi connectivity index (χ0v) is 60.7. The lowest BCUT2D eigenvalue weighted by molar-refractivity contribution is -0.152. The van der Waals surface area contributed by atoms with E-state index >= 15 is 0 Å². The van der Waals surface area contributed by atoms with Gasteiger partial charge in [0.15, 0.2) is 25.8 Å². The van der Waals surface area contributed by atoms with Gasteiger partial charge in [0.1, 0.15) is 30.3 Å². The summed E-state index contributed by atoms with van der Waals surface area (Å²) >= 11 is 0. The van der Waals surface area contributed by atoms with Crippen LogP contribution in [-0.4, -0.2) is 197 Å². The molecule has 4 aliphatic heterocycles. The molecule has 0 aromatic heterocycles. The van der Waals surface area contributed by atoms with E-state index in [9.17, 15) is 70.5 Å². The molecule has 544 valence electrons. The fraction of sp³-hybridized carbons (Fsp3) is 0.824. The Balaban J connectivity index is 0.000000231. The van der Waals surface area contributed by atoms with Gasteiger partial charge in [0.05, 0.1) is 39.1 Å². The first kappa shape index (κ1) is 78.3. The zero-order valence-electron chi connectivity index (χ0n) is 58.2. The smallest absolute Gasteiger partial charge is 0.326 e. The van der Waals surface area contributed by atoms with Crippen molar-refractivity contribution in [2.45, 2.75) is 255 Å². The minimum absolute atomic E-state index is 0. The normalized spacial score (nSPS) is 29.7. The molecule has 10 rings (SSSR count). The number of fused-ring (bicyclic) bond motifs is 2. The van der Waals surface area contributed by atoms with Gasteiger partial charge < -0.3 is 68.1 Å². The first-order chi connectivity index (χ1) is 44.2. The van der Waals surface area contributed by atoms with Crippen LogP contribution in [0.3, 0.4) is 0 Å². The van der Waals surface area contributed by atoms with Crippen molar-refractivity contribution < 1.29 is 70.5 Å². The standard InChI is InChI=1S/C34H55N5O7S.C24H39N3O6S.C10H18N2O2.ClH/c1-7-16-35-29(42)26(40)22(18-20-11-12-20)36-28(41)25-24-21(33(24,5)6)19-39(25)30(43)27(32(2,3)4)37-31(44)38-34(14-9-8-10-15-34)23-13-17-47(23,45)46;1-22(2,3)18(19(28)27-13-14-16(23(14,4)5)17(27)20(29)30)25-21(31)26-24(10-7-6-8-11-24)15-9-12-34(15,32)33;1-2-5-12-10(14)9(13)8(11)6-7-3-4-7;/h7,20-27,40H,1,8-19H2,2-6H3,(H,35,42)(H,36,41)(H2,37,38,44);14-18H,6-13H2,1-5H3,(H,29,30)(H2,25,26,31);2,7-9,13H,1,3-6,11H2,(H,12,14);1H/t21-,22-,23-,24-,25-,26?,27+;14-,15-,16-,17-,18+;8-,9?;/m000./s1. The molecule has 4 heterocycles. The number of sulfone groups is 2. The van der Waals surface area contributed by atoms with Gasteiger partial charge in [0, 0.05) is 38.1 Å². The van der Waals surface area contributed by atoms with E-state index in [4.69, 9.17) is 5.73 Å². The quantitative estimate of drug-likeness (QED) is 0.0633. The first-order valence-electron chi connectivity index (χ1n) is 34.8. The Kier molecular flexibility index (Phi) is 24.5. The molecule has 6 saturated carbocycles. The van der Waals surface area contributed by atoms with E-state index in [2.05, 4.69) is 64.2 Å². The number of aliphatic hydroxyl groups excluding tert-OH is 2. The molecule has 0 aromatic rings. The highest BCUT2D eigenvalue weighted by molar-refractivity contribution is 7.93. The van der Waals surface area contributed by atoms with Gasteiger partial charge in [-0.05, 0) is 103 Å². The van der Waals surface area contributed by atoms with Crippen molar-refractivity contribution in [1.82, 2.24) is 47.0 Å². The average molecular weight is 1410 g/mol. The van der Waals surface area contributed by atoms with Gasteiger partial charge in [0.2, 0.25) is 17.7 Å². The molecule has 6 aliphatic carbocycles.